The summed E-state index contributed by atoms with van der Waals surface area (Å²) in [6, 6.07) is 4.81. The molecule has 2 rings (SSSR count). The highest BCUT2D eigenvalue weighted by atomic mass is 35.5. The maximum absolute atomic E-state index is 12.2. The Bertz CT molecular complexity index is 525. The summed E-state index contributed by atoms with van der Waals surface area (Å²) in [4.78, 5) is 23.4. The van der Waals surface area contributed by atoms with Gasteiger partial charge >= 0.3 is 5.97 Å². The molecule has 0 aromatic heterocycles. The molecule has 0 radical (unpaired) electrons. The van der Waals surface area contributed by atoms with Crippen LogP contribution in [0.4, 0.5) is 5.69 Å². The highest BCUT2D eigenvalue weighted by Gasteiger charge is 2.26. The molecule has 1 saturated carbocycles. The minimum absolute atomic E-state index is 0.0740. The molecule has 5 nitrogen and oxygen atoms in total. The van der Waals surface area contributed by atoms with Crippen molar-refractivity contribution in [2.24, 2.45) is 11.7 Å². The van der Waals surface area contributed by atoms with Crippen LogP contribution in [0.25, 0.3) is 0 Å². The van der Waals surface area contributed by atoms with Crippen molar-refractivity contribution in [3.05, 3.63) is 28.8 Å². The first-order valence-electron chi connectivity index (χ1n) is 6.57. The van der Waals surface area contributed by atoms with Gasteiger partial charge in [-0.05, 0) is 37.8 Å². The monoisotopic (exact) mass is 296 g/mol. The number of halogens is 1. The van der Waals surface area contributed by atoms with Crippen LogP contribution in [0.1, 0.15) is 36.0 Å². The molecule has 0 heterocycles. The maximum atomic E-state index is 12.2. The van der Waals surface area contributed by atoms with Gasteiger partial charge in [-0.3, -0.25) is 4.79 Å². The first-order valence-corrected chi connectivity index (χ1v) is 6.95. The standard InChI is InChI=1S/C14H17ClN2O3/c15-10-2-1-3-11(12(10)14(19)20)17-13(18)8-4-6-9(16)7-5-8/h1-3,8-9H,4-7,16H2,(H,17,18)(H,19,20). The van der Waals surface area contributed by atoms with Crippen LogP contribution in [0.15, 0.2) is 18.2 Å². The zero-order chi connectivity index (χ0) is 14.7. The Morgan fingerprint density at radius 3 is 2.50 bits per heavy atom. The Morgan fingerprint density at radius 1 is 1.25 bits per heavy atom. The van der Waals surface area contributed by atoms with Crippen LogP contribution in [-0.2, 0) is 4.79 Å². The molecule has 0 saturated heterocycles. The van der Waals surface area contributed by atoms with Crippen LogP contribution >= 0.6 is 11.6 Å². The van der Waals surface area contributed by atoms with Gasteiger partial charge in [-0.1, -0.05) is 17.7 Å². The van der Waals surface area contributed by atoms with Crippen molar-refractivity contribution in [2.75, 3.05) is 5.32 Å². The molecule has 6 heteroatoms. The molecule has 1 aromatic carbocycles. The number of amides is 1. The van der Waals surface area contributed by atoms with Crippen LogP contribution in [0, 0.1) is 5.92 Å². The van der Waals surface area contributed by atoms with Crippen LogP contribution in [-0.4, -0.2) is 23.0 Å². The molecule has 0 spiro atoms. The lowest BCUT2D eigenvalue weighted by Crippen LogP contribution is -2.32. The van der Waals surface area contributed by atoms with Crippen molar-refractivity contribution >= 4 is 29.2 Å². The zero-order valence-electron chi connectivity index (χ0n) is 10.9. The van der Waals surface area contributed by atoms with E-state index in [9.17, 15) is 9.59 Å². The van der Waals surface area contributed by atoms with E-state index in [2.05, 4.69) is 5.32 Å². The first kappa shape index (κ1) is 14.8. The SMILES string of the molecule is NC1CCC(C(=O)Nc2cccc(Cl)c2C(=O)O)CC1. The molecular formula is C14H17ClN2O3. The number of carboxylic acids is 1. The summed E-state index contributed by atoms with van der Waals surface area (Å²) >= 11 is 5.86. The number of anilines is 1. The Kier molecular flexibility index (Phi) is 4.62. The molecule has 1 aromatic rings. The van der Waals surface area contributed by atoms with Gasteiger partial charge in [0, 0.05) is 12.0 Å². The lowest BCUT2D eigenvalue weighted by atomic mass is 9.86. The largest absolute Gasteiger partial charge is 0.478 e. The Morgan fingerprint density at radius 2 is 1.90 bits per heavy atom. The molecule has 1 aliphatic rings. The Labute approximate surface area is 122 Å². The number of hydrogen-bond acceptors (Lipinski definition) is 3. The van der Waals surface area contributed by atoms with Gasteiger partial charge in [0.15, 0.2) is 0 Å². The number of benzene rings is 1. The zero-order valence-corrected chi connectivity index (χ0v) is 11.7. The van der Waals surface area contributed by atoms with E-state index in [0.29, 0.717) is 0 Å². The second-order valence-corrected chi connectivity index (χ2v) is 5.48. The third kappa shape index (κ3) is 3.29. The average molecular weight is 297 g/mol. The van der Waals surface area contributed by atoms with Crippen molar-refractivity contribution in [3.63, 3.8) is 0 Å². The predicted molar refractivity (Wildman–Crippen MR) is 77.0 cm³/mol. The molecule has 1 amide bonds. The van der Waals surface area contributed by atoms with Gasteiger partial charge < -0.3 is 16.2 Å². The molecule has 0 bridgehead atoms. The number of rotatable bonds is 3. The van der Waals surface area contributed by atoms with E-state index in [0.717, 1.165) is 25.7 Å². The van der Waals surface area contributed by atoms with E-state index >= 15 is 0 Å². The fourth-order valence-electron chi connectivity index (χ4n) is 2.46. The fourth-order valence-corrected chi connectivity index (χ4v) is 2.72. The summed E-state index contributed by atoms with van der Waals surface area (Å²) in [7, 11) is 0. The summed E-state index contributed by atoms with van der Waals surface area (Å²) in [6.45, 7) is 0. The quantitative estimate of drug-likeness (QED) is 0.799. The molecule has 20 heavy (non-hydrogen) atoms. The summed E-state index contributed by atoms with van der Waals surface area (Å²) in [5.74, 6) is -1.44. The van der Waals surface area contributed by atoms with Crippen molar-refractivity contribution < 1.29 is 14.7 Å². The summed E-state index contributed by atoms with van der Waals surface area (Å²) < 4.78 is 0. The number of nitrogens with two attached hydrogens (primary N) is 1. The van der Waals surface area contributed by atoms with E-state index in [1.807, 2.05) is 0 Å². The van der Waals surface area contributed by atoms with Gasteiger partial charge in [0.2, 0.25) is 5.91 Å². The third-order valence-electron chi connectivity index (χ3n) is 3.63. The lowest BCUT2D eigenvalue weighted by Gasteiger charge is -2.25. The number of carbonyl (C=O) groups excluding carboxylic acids is 1. The fraction of sp³-hybridized carbons (Fsp3) is 0.429. The second kappa shape index (κ2) is 6.24. The van der Waals surface area contributed by atoms with Crippen LogP contribution in [0.3, 0.4) is 0 Å². The number of hydrogen-bond donors (Lipinski definition) is 3. The maximum Gasteiger partial charge on any atom is 0.339 e. The van der Waals surface area contributed by atoms with Gasteiger partial charge in [-0.15, -0.1) is 0 Å². The second-order valence-electron chi connectivity index (χ2n) is 5.07. The van der Waals surface area contributed by atoms with E-state index in [1.54, 1.807) is 12.1 Å². The van der Waals surface area contributed by atoms with Crippen molar-refractivity contribution in [3.8, 4) is 0 Å². The van der Waals surface area contributed by atoms with Crippen molar-refractivity contribution in [1.82, 2.24) is 0 Å². The molecule has 0 aliphatic heterocycles. The molecular weight excluding hydrogens is 280 g/mol. The highest BCUT2D eigenvalue weighted by molar-refractivity contribution is 6.34. The Balaban J connectivity index is 2.12. The molecule has 4 N–H and O–H groups in total. The molecule has 1 fully saturated rings. The van der Waals surface area contributed by atoms with Gasteiger partial charge in [-0.2, -0.15) is 0 Å². The molecule has 1 aliphatic carbocycles. The van der Waals surface area contributed by atoms with Gasteiger partial charge in [0.1, 0.15) is 5.56 Å². The normalized spacial score (nSPS) is 22.3. The van der Waals surface area contributed by atoms with Crippen LogP contribution in [0.2, 0.25) is 5.02 Å². The number of nitrogens with one attached hydrogen (secondary N) is 1. The van der Waals surface area contributed by atoms with Crippen LogP contribution < -0.4 is 11.1 Å². The smallest absolute Gasteiger partial charge is 0.339 e. The van der Waals surface area contributed by atoms with E-state index in [1.165, 1.54) is 6.07 Å². The van der Waals surface area contributed by atoms with E-state index in [-0.39, 0.29) is 34.1 Å². The van der Waals surface area contributed by atoms with E-state index in [4.69, 9.17) is 22.4 Å². The number of carboxylic acid groups (broad SMARTS) is 1. The van der Waals surface area contributed by atoms with Gasteiger partial charge in [-0.25, -0.2) is 4.79 Å². The van der Waals surface area contributed by atoms with Crippen LogP contribution in [0.5, 0.6) is 0 Å². The molecule has 108 valence electrons. The molecule has 0 atom stereocenters. The first-order chi connectivity index (χ1) is 9.49. The van der Waals surface area contributed by atoms with E-state index < -0.39 is 5.97 Å². The van der Waals surface area contributed by atoms with Gasteiger partial charge in [0.05, 0.1) is 10.7 Å². The molecule has 0 unspecified atom stereocenters. The van der Waals surface area contributed by atoms with Crippen molar-refractivity contribution in [1.29, 1.82) is 0 Å². The lowest BCUT2D eigenvalue weighted by molar-refractivity contribution is -0.120. The number of aromatic carboxylic acids is 1. The summed E-state index contributed by atoms with van der Waals surface area (Å²) in [5, 5.41) is 11.9. The Hall–Kier alpha value is -1.59. The minimum Gasteiger partial charge on any atom is -0.478 e. The summed E-state index contributed by atoms with van der Waals surface area (Å²) in [5.41, 5.74) is 5.97. The predicted octanol–water partition coefficient (Wildman–Crippen LogP) is 2.49. The number of carbonyl (C=O) groups is 2. The minimum atomic E-state index is -1.16. The average Bonchev–Trinajstić information content (AvgIpc) is 2.39. The summed E-state index contributed by atoms with van der Waals surface area (Å²) in [6.07, 6.45) is 3.10. The highest BCUT2D eigenvalue weighted by Crippen LogP contribution is 2.28. The topological polar surface area (TPSA) is 92.4 Å². The van der Waals surface area contributed by atoms with Gasteiger partial charge in [0.25, 0.3) is 0 Å². The van der Waals surface area contributed by atoms with Crippen molar-refractivity contribution in [2.45, 2.75) is 31.7 Å². The third-order valence-corrected chi connectivity index (χ3v) is 3.94.